The molecule has 0 nitrogen and oxygen atoms in total. The van der Waals surface area contributed by atoms with Gasteiger partial charge in [-0.2, -0.15) is 8.78 Å². The maximum atomic E-state index is 15.2. The van der Waals surface area contributed by atoms with Gasteiger partial charge in [0.1, 0.15) is 17.5 Å². The molecule has 0 unspecified atom stereocenters. The summed E-state index contributed by atoms with van der Waals surface area (Å²) in [6.45, 7) is 6.09. The number of allylic oxidation sites excluding steroid dienone is 1. The van der Waals surface area contributed by atoms with Crippen LogP contribution in [0.4, 0.5) is 22.0 Å². The molecule has 0 atom stereocenters. The van der Waals surface area contributed by atoms with E-state index in [0.717, 1.165) is 63.1 Å². The van der Waals surface area contributed by atoms with Gasteiger partial charge in [0.05, 0.1) is 5.56 Å². The third-order valence-electron chi connectivity index (χ3n) is 9.07. The maximum absolute atomic E-state index is 15.2. The van der Waals surface area contributed by atoms with Crippen molar-refractivity contribution in [1.82, 2.24) is 0 Å². The summed E-state index contributed by atoms with van der Waals surface area (Å²) in [5, 5.41) is 1.78. The maximum Gasteiger partial charge on any atom is 0.266 e. The fourth-order valence-electron chi connectivity index (χ4n) is 6.40. The van der Waals surface area contributed by atoms with Crippen LogP contribution in [-0.2, 0) is 12.8 Å². The van der Waals surface area contributed by atoms with Crippen molar-refractivity contribution in [2.24, 2.45) is 0 Å². The minimum absolute atomic E-state index is 0.000944. The molecular weight excluding hydrogens is 635 g/mol. The van der Waals surface area contributed by atoms with E-state index in [4.69, 9.17) is 0 Å². The van der Waals surface area contributed by atoms with Crippen LogP contribution in [0.15, 0.2) is 115 Å². The van der Waals surface area contributed by atoms with Crippen LogP contribution in [0.5, 0.6) is 0 Å². The van der Waals surface area contributed by atoms with Crippen molar-refractivity contribution < 1.29 is 22.0 Å². The Balaban J connectivity index is 1.20. The van der Waals surface area contributed by atoms with Gasteiger partial charge in [0.25, 0.3) is 6.08 Å². The Hall–Kier alpha value is -5.47. The van der Waals surface area contributed by atoms with Gasteiger partial charge in [0.15, 0.2) is 0 Å². The summed E-state index contributed by atoms with van der Waals surface area (Å²) in [6.07, 6.45) is 1.11. The van der Waals surface area contributed by atoms with E-state index < -0.39 is 17.7 Å². The largest absolute Gasteiger partial charge is 0.266 e. The van der Waals surface area contributed by atoms with Gasteiger partial charge in [0.2, 0.25) is 0 Å². The number of rotatable bonds is 8. The van der Waals surface area contributed by atoms with Gasteiger partial charge in [0, 0.05) is 16.7 Å². The highest BCUT2D eigenvalue weighted by Crippen LogP contribution is 2.35. The van der Waals surface area contributed by atoms with Crippen molar-refractivity contribution in [1.29, 1.82) is 0 Å². The van der Waals surface area contributed by atoms with Crippen LogP contribution >= 0.6 is 0 Å². The third-order valence-corrected chi connectivity index (χ3v) is 9.07. The quantitative estimate of drug-likeness (QED) is 0.112. The SMILES string of the molecule is CCCc1ccc(-c2cc(C)c(C#Cc3ccc(-c4ccc5cc(-c6c(F)cc(CCC=C(F)F)cc6F)ccc5c4C)cc3)cc2F)cc1. The molecule has 250 valence electrons. The minimum atomic E-state index is -1.81. The predicted octanol–water partition coefficient (Wildman–Crippen LogP) is 12.9. The Kier molecular flexibility index (Phi) is 10.3. The van der Waals surface area contributed by atoms with E-state index in [2.05, 4.69) is 30.9 Å². The van der Waals surface area contributed by atoms with E-state index in [1.54, 1.807) is 12.1 Å². The first kappa shape index (κ1) is 34.4. The molecule has 0 amide bonds. The second kappa shape index (κ2) is 15.0. The fraction of sp³-hybridized carbons (Fsp3) is 0.156. The molecule has 0 aliphatic rings. The van der Waals surface area contributed by atoms with E-state index in [0.29, 0.717) is 22.3 Å². The first-order valence-corrected chi connectivity index (χ1v) is 16.7. The van der Waals surface area contributed by atoms with Crippen LogP contribution in [0.25, 0.3) is 44.2 Å². The molecule has 0 saturated carbocycles. The number of hydrogen-bond donors (Lipinski definition) is 0. The van der Waals surface area contributed by atoms with Crippen LogP contribution in [0, 0.1) is 43.1 Å². The zero-order valence-electron chi connectivity index (χ0n) is 28.1. The van der Waals surface area contributed by atoms with Crippen molar-refractivity contribution in [3.05, 3.63) is 166 Å². The molecule has 0 aliphatic heterocycles. The standard InChI is InChI=1S/C45H35F5/c1-4-6-30-9-16-34(17-10-30)40-23-28(2)35(27-41(40)46)18-13-31-11-14-33(15-12-31)38-21-19-36-26-37(20-22-39(36)29(38)3)45-42(47)24-32(25-43(45)48)7-5-8-44(49)50/h8-12,14-17,19-27H,4-7H2,1-3H3. The van der Waals surface area contributed by atoms with Crippen molar-refractivity contribution in [2.45, 2.75) is 46.5 Å². The second-order valence-electron chi connectivity index (χ2n) is 12.6. The van der Waals surface area contributed by atoms with Gasteiger partial charge in [-0.3, -0.25) is 0 Å². The summed E-state index contributed by atoms with van der Waals surface area (Å²) in [4.78, 5) is 0. The highest BCUT2D eigenvalue weighted by atomic mass is 19.3. The van der Waals surface area contributed by atoms with Gasteiger partial charge < -0.3 is 0 Å². The van der Waals surface area contributed by atoms with Crippen molar-refractivity contribution in [3.63, 3.8) is 0 Å². The van der Waals surface area contributed by atoms with E-state index >= 15 is 13.2 Å². The lowest BCUT2D eigenvalue weighted by Gasteiger charge is -2.13. The molecule has 0 radical (unpaired) electrons. The van der Waals surface area contributed by atoms with Crippen LogP contribution in [0.1, 0.15) is 53.1 Å². The van der Waals surface area contributed by atoms with Crippen LogP contribution < -0.4 is 0 Å². The van der Waals surface area contributed by atoms with E-state index in [-0.39, 0.29) is 24.2 Å². The van der Waals surface area contributed by atoms with Crippen LogP contribution in [0.3, 0.4) is 0 Å². The number of benzene rings is 6. The summed E-state index contributed by atoms with van der Waals surface area (Å²) in [7, 11) is 0. The molecule has 0 spiro atoms. The summed E-state index contributed by atoms with van der Waals surface area (Å²) < 4.78 is 70.0. The zero-order valence-corrected chi connectivity index (χ0v) is 28.1. The Labute approximate surface area is 289 Å². The predicted molar refractivity (Wildman–Crippen MR) is 195 cm³/mol. The Morgan fingerprint density at radius 2 is 1.28 bits per heavy atom. The summed E-state index contributed by atoms with van der Waals surface area (Å²) in [6, 6.07) is 30.9. The minimum Gasteiger partial charge on any atom is -0.206 e. The van der Waals surface area contributed by atoms with Gasteiger partial charge in [-0.15, -0.1) is 0 Å². The first-order valence-electron chi connectivity index (χ1n) is 16.7. The first-order chi connectivity index (χ1) is 24.1. The molecule has 0 saturated heterocycles. The van der Waals surface area contributed by atoms with Gasteiger partial charge in [-0.1, -0.05) is 85.8 Å². The normalized spacial score (nSPS) is 11.0. The monoisotopic (exact) mass is 670 g/mol. The van der Waals surface area contributed by atoms with Gasteiger partial charge in [-0.05, 0) is 137 Å². The molecule has 5 heteroatoms. The average molecular weight is 671 g/mol. The highest BCUT2D eigenvalue weighted by Gasteiger charge is 2.15. The smallest absolute Gasteiger partial charge is 0.206 e. The number of aryl methyl sites for hydroxylation is 4. The lowest BCUT2D eigenvalue weighted by atomic mass is 9.92. The number of halogens is 5. The van der Waals surface area contributed by atoms with Gasteiger partial charge >= 0.3 is 0 Å². The molecule has 0 aromatic heterocycles. The lowest BCUT2D eigenvalue weighted by Crippen LogP contribution is -1.95. The molecule has 6 aromatic rings. The Bertz CT molecular complexity index is 2260. The molecule has 0 bridgehead atoms. The van der Waals surface area contributed by atoms with Crippen molar-refractivity contribution in [2.75, 3.05) is 0 Å². The number of hydrogen-bond acceptors (Lipinski definition) is 0. The van der Waals surface area contributed by atoms with Crippen molar-refractivity contribution >= 4 is 10.8 Å². The molecule has 6 rings (SSSR count). The Morgan fingerprint density at radius 3 is 1.96 bits per heavy atom. The highest BCUT2D eigenvalue weighted by molar-refractivity contribution is 5.94. The molecule has 0 N–H and O–H groups in total. The summed E-state index contributed by atoms with van der Waals surface area (Å²) in [5.41, 5.74) is 8.59. The molecule has 50 heavy (non-hydrogen) atoms. The summed E-state index contributed by atoms with van der Waals surface area (Å²) in [5.74, 6) is 4.55. The zero-order chi connectivity index (χ0) is 35.4. The van der Waals surface area contributed by atoms with E-state index in [9.17, 15) is 8.78 Å². The number of fused-ring (bicyclic) bond motifs is 1. The fourth-order valence-corrected chi connectivity index (χ4v) is 6.40. The summed E-state index contributed by atoms with van der Waals surface area (Å²) >= 11 is 0. The molecule has 0 heterocycles. The van der Waals surface area contributed by atoms with Gasteiger partial charge in [-0.25, -0.2) is 13.2 Å². The lowest BCUT2D eigenvalue weighted by molar-refractivity contribution is 0.417. The topological polar surface area (TPSA) is 0 Å². The van der Waals surface area contributed by atoms with E-state index in [1.807, 2.05) is 74.5 Å². The van der Waals surface area contributed by atoms with Crippen LogP contribution in [-0.4, -0.2) is 0 Å². The molecule has 6 aromatic carbocycles. The average Bonchev–Trinajstić information content (AvgIpc) is 3.09. The second-order valence-corrected chi connectivity index (χ2v) is 12.6. The Morgan fingerprint density at radius 1 is 0.620 bits per heavy atom. The van der Waals surface area contributed by atoms with E-state index in [1.165, 1.54) is 23.8 Å². The third kappa shape index (κ3) is 7.56. The molecule has 0 aliphatic carbocycles. The molecule has 0 fully saturated rings. The van der Waals surface area contributed by atoms with Crippen molar-refractivity contribution in [3.8, 4) is 45.2 Å². The molecular formula is C45H35F5. The van der Waals surface area contributed by atoms with Crippen LogP contribution in [0.2, 0.25) is 0 Å².